The summed E-state index contributed by atoms with van der Waals surface area (Å²) in [6.45, 7) is 4.89. The minimum atomic E-state index is -1.12. The molecule has 1 heterocycles. The van der Waals surface area contributed by atoms with E-state index in [0.717, 1.165) is 28.9 Å². The van der Waals surface area contributed by atoms with E-state index in [2.05, 4.69) is 26.2 Å². The Morgan fingerprint density at radius 3 is 2.29 bits per heavy atom. The zero-order valence-corrected chi connectivity index (χ0v) is 16.9. The lowest BCUT2D eigenvalue weighted by Gasteiger charge is -2.22. The van der Waals surface area contributed by atoms with Crippen LogP contribution in [0, 0.1) is 30.3 Å². The summed E-state index contributed by atoms with van der Waals surface area (Å²) < 4.78 is 43.2. The predicted molar refractivity (Wildman–Crippen MR) is 105 cm³/mol. The molecule has 0 aliphatic heterocycles. The Labute approximate surface area is 175 Å². The SMILES string of the molecule is Cc1nnnn1-c1cc(NC(=O)[C@@H](NC(=O)c2c(F)cccc2F)C(C)C)ccc1F. The second kappa shape index (κ2) is 8.94. The second-order valence-corrected chi connectivity index (χ2v) is 7.09. The van der Waals surface area contributed by atoms with E-state index < -0.39 is 46.8 Å². The number of carbonyl (C=O) groups excluding carboxylic acids is 2. The number of aryl methyl sites for hydroxylation is 1. The average molecular weight is 432 g/mol. The highest BCUT2D eigenvalue weighted by atomic mass is 19.1. The van der Waals surface area contributed by atoms with Crippen LogP contribution in [0.5, 0.6) is 0 Å². The molecule has 0 unspecified atom stereocenters. The van der Waals surface area contributed by atoms with E-state index in [9.17, 15) is 22.8 Å². The second-order valence-electron chi connectivity index (χ2n) is 7.09. The standard InChI is InChI=1S/C20H19F3N6O2/c1-10(2)18(25-19(30)17-14(22)5-4-6-15(17)23)20(31)24-12-7-8-13(21)16(9-12)29-11(3)26-27-28-29/h4-10,18H,1-3H3,(H,24,31)(H,25,30)/t18-/m0/s1. The molecule has 1 aromatic heterocycles. The third-order valence-electron chi connectivity index (χ3n) is 4.49. The summed E-state index contributed by atoms with van der Waals surface area (Å²) in [4.78, 5) is 25.2. The molecule has 0 aliphatic rings. The third kappa shape index (κ3) is 4.71. The molecule has 0 bridgehead atoms. The summed E-state index contributed by atoms with van der Waals surface area (Å²) >= 11 is 0. The summed E-state index contributed by atoms with van der Waals surface area (Å²) in [6.07, 6.45) is 0. The maximum atomic E-state index is 14.2. The molecule has 0 aliphatic carbocycles. The van der Waals surface area contributed by atoms with Crippen LogP contribution in [0.1, 0.15) is 30.0 Å². The molecule has 0 saturated carbocycles. The van der Waals surface area contributed by atoms with Gasteiger partial charge in [-0.3, -0.25) is 9.59 Å². The first-order chi connectivity index (χ1) is 14.7. The fraction of sp³-hybridized carbons (Fsp3) is 0.250. The highest BCUT2D eigenvalue weighted by Gasteiger charge is 2.27. The molecule has 2 aromatic carbocycles. The average Bonchev–Trinajstić information content (AvgIpc) is 3.12. The van der Waals surface area contributed by atoms with E-state index in [0.29, 0.717) is 5.82 Å². The number of anilines is 1. The molecule has 162 valence electrons. The molecule has 0 fully saturated rings. The largest absolute Gasteiger partial charge is 0.340 e. The van der Waals surface area contributed by atoms with Crippen LogP contribution in [0.2, 0.25) is 0 Å². The van der Waals surface area contributed by atoms with Crippen LogP contribution < -0.4 is 10.6 Å². The van der Waals surface area contributed by atoms with Gasteiger partial charge in [-0.05, 0) is 53.6 Å². The van der Waals surface area contributed by atoms with Crippen molar-refractivity contribution in [1.82, 2.24) is 25.5 Å². The first-order valence-electron chi connectivity index (χ1n) is 9.29. The third-order valence-corrected chi connectivity index (χ3v) is 4.49. The predicted octanol–water partition coefficient (Wildman–Crippen LogP) is 2.78. The minimum Gasteiger partial charge on any atom is -0.340 e. The Bertz CT molecular complexity index is 1110. The van der Waals surface area contributed by atoms with Crippen molar-refractivity contribution in [3.8, 4) is 5.69 Å². The number of hydrogen-bond donors (Lipinski definition) is 2. The van der Waals surface area contributed by atoms with Gasteiger partial charge in [0.15, 0.2) is 5.82 Å². The normalized spacial score (nSPS) is 12.0. The van der Waals surface area contributed by atoms with Crippen molar-refractivity contribution in [2.75, 3.05) is 5.32 Å². The molecule has 0 saturated heterocycles. The Morgan fingerprint density at radius 2 is 1.71 bits per heavy atom. The van der Waals surface area contributed by atoms with Crippen molar-refractivity contribution in [2.45, 2.75) is 26.8 Å². The summed E-state index contributed by atoms with van der Waals surface area (Å²) in [5.41, 5.74) is -0.550. The van der Waals surface area contributed by atoms with Crippen LogP contribution in [0.15, 0.2) is 36.4 Å². The molecule has 0 radical (unpaired) electrons. The number of aromatic nitrogens is 4. The summed E-state index contributed by atoms with van der Waals surface area (Å²) in [5, 5.41) is 15.8. The van der Waals surface area contributed by atoms with Crippen LogP contribution in [0.4, 0.5) is 18.9 Å². The monoisotopic (exact) mass is 432 g/mol. The Morgan fingerprint density at radius 1 is 1.03 bits per heavy atom. The fourth-order valence-electron chi connectivity index (χ4n) is 2.89. The number of amides is 2. The van der Waals surface area contributed by atoms with Gasteiger partial charge in [-0.25, -0.2) is 13.2 Å². The first kappa shape index (κ1) is 21.9. The zero-order chi connectivity index (χ0) is 22.7. The molecule has 0 spiro atoms. The van der Waals surface area contributed by atoms with Crippen LogP contribution in [0.25, 0.3) is 5.69 Å². The maximum Gasteiger partial charge on any atom is 0.257 e. The van der Waals surface area contributed by atoms with E-state index in [-0.39, 0.29) is 11.4 Å². The topological polar surface area (TPSA) is 102 Å². The molecule has 31 heavy (non-hydrogen) atoms. The molecular weight excluding hydrogens is 413 g/mol. The molecule has 11 heteroatoms. The van der Waals surface area contributed by atoms with Crippen molar-refractivity contribution >= 4 is 17.5 Å². The van der Waals surface area contributed by atoms with Gasteiger partial charge in [0.05, 0.1) is 0 Å². The lowest BCUT2D eigenvalue weighted by Crippen LogP contribution is -2.47. The molecule has 8 nitrogen and oxygen atoms in total. The van der Waals surface area contributed by atoms with Gasteiger partial charge in [0.25, 0.3) is 5.91 Å². The van der Waals surface area contributed by atoms with Crippen molar-refractivity contribution in [1.29, 1.82) is 0 Å². The molecule has 3 rings (SSSR count). The van der Waals surface area contributed by atoms with Crippen LogP contribution in [-0.2, 0) is 4.79 Å². The number of hydrogen-bond acceptors (Lipinski definition) is 5. The van der Waals surface area contributed by atoms with Crippen molar-refractivity contribution in [3.05, 3.63) is 65.2 Å². The Balaban J connectivity index is 1.82. The number of nitrogens with one attached hydrogen (secondary N) is 2. The van der Waals surface area contributed by atoms with Gasteiger partial charge in [0.1, 0.15) is 34.7 Å². The Hall–Kier alpha value is -3.76. The lowest BCUT2D eigenvalue weighted by molar-refractivity contribution is -0.118. The quantitative estimate of drug-likeness (QED) is 0.624. The maximum absolute atomic E-state index is 14.2. The number of tetrazole rings is 1. The van der Waals surface area contributed by atoms with E-state index >= 15 is 0 Å². The fourth-order valence-corrected chi connectivity index (χ4v) is 2.89. The number of nitrogens with zero attached hydrogens (tertiary/aromatic N) is 4. The van der Waals surface area contributed by atoms with Gasteiger partial charge >= 0.3 is 0 Å². The summed E-state index contributed by atoms with van der Waals surface area (Å²) in [6, 6.07) is 5.69. The van der Waals surface area contributed by atoms with Crippen molar-refractivity contribution in [3.63, 3.8) is 0 Å². The smallest absolute Gasteiger partial charge is 0.257 e. The van der Waals surface area contributed by atoms with Crippen molar-refractivity contribution < 1.29 is 22.8 Å². The number of carbonyl (C=O) groups is 2. The summed E-state index contributed by atoms with van der Waals surface area (Å²) in [7, 11) is 0. The van der Waals surface area contributed by atoms with Gasteiger partial charge in [-0.1, -0.05) is 19.9 Å². The Kier molecular flexibility index (Phi) is 6.33. The molecule has 1 atom stereocenters. The highest BCUT2D eigenvalue weighted by Crippen LogP contribution is 2.20. The van der Waals surface area contributed by atoms with Gasteiger partial charge in [0, 0.05) is 5.69 Å². The van der Waals surface area contributed by atoms with E-state index in [1.165, 1.54) is 12.1 Å². The molecule has 2 amide bonds. The van der Waals surface area contributed by atoms with Crippen LogP contribution in [-0.4, -0.2) is 38.1 Å². The molecule has 3 aromatic rings. The van der Waals surface area contributed by atoms with Gasteiger partial charge in [-0.2, -0.15) is 4.68 Å². The van der Waals surface area contributed by atoms with E-state index in [1.54, 1.807) is 20.8 Å². The number of rotatable bonds is 6. The molecule has 2 N–H and O–H groups in total. The lowest BCUT2D eigenvalue weighted by atomic mass is 10.0. The van der Waals surface area contributed by atoms with Gasteiger partial charge in [-0.15, -0.1) is 5.10 Å². The van der Waals surface area contributed by atoms with Crippen LogP contribution >= 0.6 is 0 Å². The summed E-state index contributed by atoms with van der Waals surface area (Å²) in [5.74, 6) is -4.49. The first-order valence-corrected chi connectivity index (χ1v) is 9.29. The van der Waals surface area contributed by atoms with Gasteiger partial charge < -0.3 is 10.6 Å². The van der Waals surface area contributed by atoms with Gasteiger partial charge in [0.2, 0.25) is 5.91 Å². The number of halogens is 3. The zero-order valence-electron chi connectivity index (χ0n) is 16.9. The highest BCUT2D eigenvalue weighted by molar-refractivity contribution is 6.01. The van der Waals surface area contributed by atoms with E-state index in [1.807, 2.05) is 0 Å². The molecular formula is C20H19F3N6O2. The minimum absolute atomic E-state index is 0.0128. The van der Waals surface area contributed by atoms with E-state index in [4.69, 9.17) is 0 Å². The van der Waals surface area contributed by atoms with Crippen LogP contribution in [0.3, 0.4) is 0 Å². The van der Waals surface area contributed by atoms with Crippen molar-refractivity contribution in [2.24, 2.45) is 5.92 Å². The number of benzene rings is 2.